The molecule has 1 atom stereocenters. The van der Waals surface area contributed by atoms with Gasteiger partial charge >= 0.3 is 0 Å². The van der Waals surface area contributed by atoms with E-state index in [0.29, 0.717) is 23.4 Å². The molecule has 0 radical (unpaired) electrons. The summed E-state index contributed by atoms with van der Waals surface area (Å²) >= 11 is 0. The number of carbonyl (C=O) groups excluding carboxylic acids is 2. The number of H-pyrrole nitrogens is 1. The van der Waals surface area contributed by atoms with Crippen LogP contribution in [0.5, 0.6) is 0 Å². The molecule has 2 aromatic rings. The monoisotopic (exact) mass is 371 g/mol. The van der Waals surface area contributed by atoms with Gasteiger partial charge in [0.05, 0.1) is 0 Å². The molecule has 2 heterocycles. The van der Waals surface area contributed by atoms with Gasteiger partial charge in [0.25, 0.3) is 5.91 Å². The number of anilines is 1. The Bertz CT molecular complexity index is 888. The Kier molecular flexibility index (Phi) is 5.35. The molecule has 3 rings (SSSR count). The first kappa shape index (κ1) is 19.1. The second-order valence-corrected chi connectivity index (χ2v) is 7.37. The van der Waals surface area contributed by atoms with Gasteiger partial charge in [-0.15, -0.1) is 0 Å². The number of rotatable bonds is 4. The molecule has 5 nitrogen and oxygen atoms in total. The van der Waals surface area contributed by atoms with Gasteiger partial charge in [-0.05, 0) is 69.9 Å². The highest BCUT2D eigenvalue weighted by molar-refractivity contribution is 6.02. The largest absolute Gasteiger partial charge is 0.369 e. The van der Waals surface area contributed by atoms with E-state index < -0.39 is 0 Å². The van der Waals surface area contributed by atoms with Crippen molar-refractivity contribution >= 4 is 17.4 Å². The van der Waals surface area contributed by atoms with Crippen molar-refractivity contribution in [2.24, 2.45) is 0 Å². The number of ketones is 1. The molecule has 6 heteroatoms. The van der Waals surface area contributed by atoms with E-state index in [-0.39, 0.29) is 23.5 Å². The summed E-state index contributed by atoms with van der Waals surface area (Å²) in [5.74, 6) is -0.473. The summed E-state index contributed by atoms with van der Waals surface area (Å²) in [5.41, 5.74) is 4.35. The zero-order valence-corrected chi connectivity index (χ0v) is 16.3. The Labute approximate surface area is 159 Å². The fourth-order valence-corrected chi connectivity index (χ4v) is 4.05. The Balaban J connectivity index is 1.73. The molecule has 0 spiro atoms. The molecule has 144 valence electrons. The average molecular weight is 371 g/mol. The molecule has 1 unspecified atom stereocenters. The molecule has 1 aromatic carbocycles. The number of aromatic amines is 1. The van der Waals surface area contributed by atoms with Gasteiger partial charge in [-0.3, -0.25) is 9.59 Å². The number of Topliss-reactive ketones (excluding diaryl/α,β-unsaturated/α-hetero) is 1. The Morgan fingerprint density at radius 1 is 1.26 bits per heavy atom. The lowest BCUT2D eigenvalue weighted by Crippen LogP contribution is -2.48. The number of piperidine rings is 1. The van der Waals surface area contributed by atoms with Crippen molar-refractivity contribution in [2.45, 2.75) is 46.6 Å². The minimum Gasteiger partial charge on any atom is -0.369 e. The molecule has 1 fully saturated rings. The summed E-state index contributed by atoms with van der Waals surface area (Å²) < 4.78 is 13.4. The number of nitrogens with zero attached hydrogens (tertiary/aromatic N) is 1. The molecule has 0 bridgehead atoms. The lowest BCUT2D eigenvalue weighted by atomic mass is 10.0. The van der Waals surface area contributed by atoms with Crippen LogP contribution < -0.4 is 10.2 Å². The zero-order chi connectivity index (χ0) is 19.7. The highest BCUT2D eigenvalue weighted by atomic mass is 19.1. The molecule has 1 aliphatic rings. The Hall–Kier alpha value is -2.63. The van der Waals surface area contributed by atoms with Gasteiger partial charge in [-0.25, -0.2) is 4.39 Å². The summed E-state index contributed by atoms with van der Waals surface area (Å²) in [6.45, 7) is 8.57. The summed E-state index contributed by atoms with van der Waals surface area (Å²) in [4.78, 5) is 29.8. The number of carbonyl (C=O) groups is 2. The van der Waals surface area contributed by atoms with Gasteiger partial charge < -0.3 is 15.2 Å². The smallest absolute Gasteiger partial charge is 0.268 e. The molecule has 1 aliphatic heterocycles. The number of amides is 1. The minimum atomic E-state index is -0.239. The van der Waals surface area contributed by atoms with E-state index in [1.165, 1.54) is 19.1 Å². The lowest BCUT2D eigenvalue weighted by molar-refractivity contribution is 0.0928. The van der Waals surface area contributed by atoms with Crippen LogP contribution >= 0.6 is 0 Å². The van der Waals surface area contributed by atoms with E-state index in [2.05, 4.69) is 15.2 Å². The van der Waals surface area contributed by atoms with Crippen LogP contribution in [0.2, 0.25) is 0 Å². The fraction of sp³-hybridized carbons (Fsp3) is 0.429. The van der Waals surface area contributed by atoms with Crippen LogP contribution in [0.25, 0.3) is 0 Å². The molecule has 2 N–H and O–H groups in total. The van der Waals surface area contributed by atoms with Gasteiger partial charge in [-0.2, -0.15) is 0 Å². The highest BCUT2D eigenvalue weighted by Gasteiger charge is 2.25. The van der Waals surface area contributed by atoms with Gasteiger partial charge in [0.15, 0.2) is 5.78 Å². The quantitative estimate of drug-likeness (QED) is 0.806. The van der Waals surface area contributed by atoms with Crippen LogP contribution in [0.4, 0.5) is 10.1 Å². The number of hydrogen-bond donors (Lipinski definition) is 2. The van der Waals surface area contributed by atoms with Crippen LogP contribution in [-0.4, -0.2) is 35.8 Å². The molecular formula is C21H26FN3O2. The van der Waals surface area contributed by atoms with Gasteiger partial charge in [0, 0.05) is 36.1 Å². The van der Waals surface area contributed by atoms with Crippen LogP contribution in [0.1, 0.15) is 57.4 Å². The number of halogens is 1. The minimum absolute atomic E-state index is 0.000475. The Morgan fingerprint density at radius 3 is 2.63 bits per heavy atom. The van der Waals surface area contributed by atoms with Crippen LogP contribution in [0, 0.1) is 26.6 Å². The number of aryl methyl sites for hydroxylation is 2. The van der Waals surface area contributed by atoms with Crippen molar-refractivity contribution in [3.63, 3.8) is 0 Å². The van der Waals surface area contributed by atoms with E-state index in [9.17, 15) is 14.0 Å². The van der Waals surface area contributed by atoms with Crippen molar-refractivity contribution in [1.29, 1.82) is 0 Å². The molecule has 1 amide bonds. The van der Waals surface area contributed by atoms with E-state index in [1.54, 1.807) is 19.9 Å². The van der Waals surface area contributed by atoms with Crippen molar-refractivity contribution in [3.8, 4) is 0 Å². The molecule has 0 aliphatic carbocycles. The van der Waals surface area contributed by atoms with Gasteiger partial charge in [0.1, 0.15) is 11.5 Å². The van der Waals surface area contributed by atoms with E-state index in [4.69, 9.17) is 0 Å². The van der Waals surface area contributed by atoms with Crippen molar-refractivity contribution < 1.29 is 14.0 Å². The van der Waals surface area contributed by atoms with Crippen molar-refractivity contribution in [2.75, 3.05) is 18.0 Å². The maximum absolute atomic E-state index is 13.4. The first-order chi connectivity index (χ1) is 12.8. The SMILES string of the molecule is CC(=O)c1c(C)[nH]c(C(=O)NC2CCCN(c3ccc(F)cc3C)C2)c1C. The summed E-state index contributed by atoms with van der Waals surface area (Å²) in [7, 11) is 0. The number of benzene rings is 1. The molecule has 27 heavy (non-hydrogen) atoms. The maximum Gasteiger partial charge on any atom is 0.268 e. The van der Waals surface area contributed by atoms with Crippen LogP contribution in [0.3, 0.4) is 0 Å². The second-order valence-electron chi connectivity index (χ2n) is 7.37. The van der Waals surface area contributed by atoms with Crippen molar-refractivity contribution in [1.82, 2.24) is 10.3 Å². The van der Waals surface area contributed by atoms with Crippen molar-refractivity contribution in [3.05, 3.63) is 52.1 Å². The Morgan fingerprint density at radius 2 is 2.00 bits per heavy atom. The van der Waals surface area contributed by atoms with E-state index in [1.807, 2.05) is 6.92 Å². The number of aromatic nitrogens is 1. The summed E-state index contributed by atoms with van der Waals surface area (Å²) in [6.07, 6.45) is 1.84. The van der Waals surface area contributed by atoms with Crippen LogP contribution in [0.15, 0.2) is 18.2 Å². The maximum atomic E-state index is 13.4. The predicted octanol–water partition coefficient (Wildman–Crippen LogP) is 3.68. The first-order valence-corrected chi connectivity index (χ1v) is 9.30. The first-order valence-electron chi connectivity index (χ1n) is 9.30. The van der Waals surface area contributed by atoms with Gasteiger partial charge in [-0.1, -0.05) is 0 Å². The van der Waals surface area contributed by atoms with E-state index in [0.717, 1.165) is 36.3 Å². The fourth-order valence-electron chi connectivity index (χ4n) is 4.05. The van der Waals surface area contributed by atoms with Gasteiger partial charge in [0.2, 0.25) is 0 Å². The third-order valence-electron chi connectivity index (χ3n) is 5.27. The molecule has 0 saturated carbocycles. The summed E-state index contributed by atoms with van der Waals surface area (Å²) in [6, 6.07) is 4.80. The third kappa shape index (κ3) is 3.89. The topological polar surface area (TPSA) is 65.2 Å². The summed E-state index contributed by atoms with van der Waals surface area (Å²) in [5, 5.41) is 3.09. The normalized spacial score (nSPS) is 17.1. The second kappa shape index (κ2) is 7.55. The standard InChI is InChI=1S/C21H26FN3O2/c1-12-10-16(22)7-8-18(12)25-9-5-6-17(11-25)24-21(27)20-13(2)19(15(4)26)14(3)23-20/h7-8,10,17,23H,5-6,9,11H2,1-4H3,(H,24,27). The number of hydrogen-bond acceptors (Lipinski definition) is 3. The third-order valence-corrected chi connectivity index (χ3v) is 5.27. The van der Waals surface area contributed by atoms with Crippen LogP contribution in [-0.2, 0) is 0 Å². The molecule has 1 saturated heterocycles. The lowest BCUT2D eigenvalue weighted by Gasteiger charge is -2.35. The molecule has 1 aromatic heterocycles. The number of nitrogens with one attached hydrogen (secondary N) is 2. The predicted molar refractivity (Wildman–Crippen MR) is 104 cm³/mol. The molecular weight excluding hydrogens is 345 g/mol. The average Bonchev–Trinajstić information content (AvgIpc) is 2.89. The van der Waals surface area contributed by atoms with E-state index >= 15 is 0 Å². The zero-order valence-electron chi connectivity index (χ0n) is 16.3. The highest BCUT2D eigenvalue weighted by Crippen LogP contribution is 2.25.